The predicted molar refractivity (Wildman–Crippen MR) is 95.8 cm³/mol. The van der Waals surface area contributed by atoms with Crippen molar-refractivity contribution in [2.75, 3.05) is 25.0 Å². The largest absolute Gasteiger partial charge is 0.322 e. The van der Waals surface area contributed by atoms with E-state index in [9.17, 15) is 4.79 Å². The van der Waals surface area contributed by atoms with E-state index in [1.54, 1.807) is 12.3 Å². The number of anilines is 1. The Balaban J connectivity index is 1.72. The number of hydrogen-bond acceptors (Lipinski definition) is 3. The number of carbonyl (C=O) groups excluding carboxylic acids is 1. The van der Waals surface area contributed by atoms with E-state index in [0.29, 0.717) is 6.54 Å². The second-order valence-corrected chi connectivity index (χ2v) is 6.25. The number of nitrogens with zero attached hydrogens (tertiary/aromatic N) is 1. The number of nitrogens with one attached hydrogen (secondary N) is 2. The molecule has 2 heterocycles. The van der Waals surface area contributed by atoms with Crippen LogP contribution in [-0.2, 0) is 4.79 Å². The third kappa shape index (κ3) is 3.59. The Morgan fingerprint density at radius 2 is 2.09 bits per heavy atom. The molecule has 0 aromatic heterocycles. The van der Waals surface area contributed by atoms with Crippen LogP contribution in [-0.4, -0.2) is 31.8 Å². The molecule has 4 nitrogen and oxygen atoms in total. The molecular formula is C19H23N3O. The first-order valence-electron chi connectivity index (χ1n) is 8.16. The SMILES string of the molecule is CC1=C(c2ccc(NC(=O)C3=CC=NCC3C)cc2)CNCC1. The molecule has 1 aromatic rings. The van der Waals surface area contributed by atoms with Gasteiger partial charge < -0.3 is 10.6 Å². The van der Waals surface area contributed by atoms with Crippen LogP contribution in [0.4, 0.5) is 5.69 Å². The van der Waals surface area contributed by atoms with Gasteiger partial charge in [-0.1, -0.05) is 24.6 Å². The van der Waals surface area contributed by atoms with Crippen LogP contribution in [0.15, 0.2) is 46.5 Å². The number of aliphatic imine (C=N–C) groups is 1. The smallest absolute Gasteiger partial charge is 0.251 e. The van der Waals surface area contributed by atoms with Gasteiger partial charge in [0.25, 0.3) is 5.91 Å². The summed E-state index contributed by atoms with van der Waals surface area (Å²) in [5, 5.41) is 6.39. The number of benzene rings is 1. The van der Waals surface area contributed by atoms with Crippen molar-refractivity contribution in [3.63, 3.8) is 0 Å². The Morgan fingerprint density at radius 3 is 2.78 bits per heavy atom. The minimum Gasteiger partial charge on any atom is -0.322 e. The second kappa shape index (κ2) is 6.92. The molecule has 0 spiro atoms. The Hall–Kier alpha value is -2.20. The highest BCUT2D eigenvalue weighted by Gasteiger charge is 2.18. The summed E-state index contributed by atoms with van der Waals surface area (Å²) in [6, 6.07) is 8.12. The van der Waals surface area contributed by atoms with Gasteiger partial charge in [0, 0.05) is 36.5 Å². The Bertz CT molecular complexity index is 683. The molecule has 2 aliphatic rings. The van der Waals surface area contributed by atoms with E-state index in [1.807, 2.05) is 19.1 Å². The summed E-state index contributed by atoms with van der Waals surface area (Å²) in [6.07, 6.45) is 4.62. The second-order valence-electron chi connectivity index (χ2n) is 6.25. The molecule has 0 radical (unpaired) electrons. The molecule has 0 saturated carbocycles. The van der Waals surface area contributed by atoms with Crippen molar-refractivity contribution < 1.29 is 4.79 Å². The summed E-state index contributed by atoms with van der Waals surface area (Å²) in [7, 11) is 0. The summed E-state index contributed by atoms with van der Waals surface area (Å²) in [4.78, 5) is 16.5. The summed E-state index contributed by atoms with van der Waals surface area (Å²) >= 11 is 0. The highest BCUT2D eigenvalue weighted by molar-refractivity contribution is 6.06. The molecule has 0 aliphatic carbocycles. The molecule has 1 aromatic carbocycles. The first kappa shape index (κ1) is 15.7. The maximum Gasteiger partial charge on any atom is 0.251 e. The van der Waals surface area contributed by atoms with Gasteiger partial charge in [-0.3, -0.25) is 9.79 Å². The third-order valence-electron chi connectivity index (χ3n) is 4.52. The van der Waals surface area contributed by atoms with Crippen molar-refractivity contribution in [2.24, 2.45) is 10.9 Å². The summed E-state index contributed by atoms with van der Waals surface area (Å²) in [6.45, 7) is 6.88. The molecule has 0 saturated heterocycles. The normalized spacial score (nSPS) is 21.1. The standard InChI is InChI=1S/C19H23N3O/c1-13-7-9-21-12-18(13)15-3-5-16(6-4-15)22-19(23)17-8-10-20-11-14(17)2/h3-6,8,10,14,21H,7,9,11-12H2,1-2H3,(H,22,23). The lowest BCUT2D eigenvalue weighted by Gasteiger charge is -2.20. The summed E-state index contributed by atoms with van der Waals surface area (Å²) < 4.78 is 0. The molecule has 3 rings (SSSR count). The lowest BCUT2D eigenvalue weighted by atomic mass is 9.96. The van der Waals surface area contributed by atoms with E-state index < -0.39 is 0 Å². The summed E-state index contributed by atoms with van der Waals surface area (Å²) in [5.41, 5.74) is 5.66. The molecular weight excluding hydrogens is 286 g/mol. The highest BCUT2D eigenvalue weighted by atomic mass is 16.1. The number of rotatable bonds is 3. The average Bonchev–Trinajstić information content (AvgIpc) is 2.56. The molecule has 2 aliphatic heterocycles. The van der Waals surface area contributed by atoms with Gasteiger partial charge in [0.05, 0.1) is 0 Å². The van der Waals surface area contributed by atoms with E-state index in [1.165, 1.54) is 16.7 Å². The zero-order valence-electron chi connectivity index (χ0n) is 13.7. The minimum atomic E-state index is -0.0360. The lowest BCUT2D eigenvalue weighted by molar-refractivity contribution is -0.113. The van der Waals surface area contributed by atoms with Gasteiger partial charge in [0.2, 0.25) is 0 Å². The molecule has 1 amide bonds. The maximum atomic E-state index is 12.4. The zero-order chi connectivity index (χ0) is 16.2. The number of hydrogen-bond donors (Lipinski definition) is 2. The van der Waals surface area contributed by atoms with Gasteiger partial charge in [0.1, 0.15) is 0 Å². The van der Waals surface area contributed by atoms with Crippen LogP contribution in [0.2, 0.25) is 0 Å². The van der Waals surface area contributed by atoms with Crippen molar-refractivity contribution in [1.29, 1.82) is 0 Å². The van der Waals surface area contributed by atoms with Gasteiger partial charge in [-0.25, -0.2) is 0 Å². The third-order valence-corrected chi connectivity index (χ3v) is 4.52. The van der Waals surface area contributed by atoms with Crippen LogP contribution in [0, 0.1) is 5.92 Å². The molecule has 2 N–H and O–H groups in total. The van der Waals surface area contributed by atoms with Crippen LogP contribution < -0.4 is 10.6 Å². The fourth-order valence-electron chi connectivity index (χ4n) is 3.01. The molecule has 23 heavy (non-hydrogen) atoms. The Labute approximate surface area is 137 Å². The quantitative estimate of drug-likeness (QED) is 0.901. The summed E-state index contributed by atoms with van der Waals surface area (Å²) in [5.74, 6) is 0.131. The Morgan fingerprint density at radius 1 is 1.30 bits per heavy atom. The highest BCUT2D eigenvalue weighted by Crippen LogP contribution is 2.24. The molecule has 1 unspecified atom stereocenters. The van der Waals surface area contributed by atoms with Crippen molar-refractivity contribution in [3.8, 4) is 0 Å². The van der Waals surface area contributed by atoms with Crippen LogP contribution in [0.5, 0.6) is 0 Å². The van der Waals surface area contributed by atoms with Crippen molar-refractivity contribution >= 4 is 23.4 Å². The van der Waals surface area contributed by atoms with Crippen molar-refractivity contribution in [1.82, 2.24) is 5.32 Å². The van der Waals surface area contributed by atoms with E-state index in [0.717, 1.165) is 30.8 Å². The van der Waals surface area contributed by atoms with E-state index in [2.05, 4.69) is 34.7 Å². The van der Waals surface area contributed by atoms with Gasteiger partial charge in [0.15, 0.2) is 0 Å². The van der Waals surface area contributed by atoms with Crippen LogP contribution >= 0.6 is 0 Å². The number of dihydropyridines is 1. The van der Waals surface area contributed by atoms with Crippen LogP contribution in [0.25, 0.3) is 5.57 Å². The number of carbonyl (C=O) groups is 1. The van der Waals surface area contributed by atoms with E-state index in [4.69, 9.17) is 0 Å². The van der Waals surface area contributed by atoms with Gasteiger partial charge >= 0.3 is 0 Å². The van der Waals surface area contributed by atoms with E-state index >= 15 is 0 Å². The first-order chi connectivity index (χ1) is 11.1. The number of amides is 1. The predicted octanol–water partition coefficient (Wildman–Crippen LogP) is 3.04. The topological polar surface area (TPSA) is 53.5 Å². The first-order valence-corrected chi connectivity index (χ1v) is 8.16. The molecule has 120 valence electrons. The van der Waals surface area contributed by atoms with E-state index in [-0.39, 0.29) is 11.8 Å². The van der Waals surface area contributed by atoms with Crippen molar-refractivity contribution in [2.45, 2.75) is 20.3 Å². The van der Waals surface area contributed by atoms with Gasteiger partial charge in [-0.15, -0.1) is 0 Å². The maximum absolute atomic E-state index is 12.4. The number of allylic oxidation sites excluding steroid dienone is 1. The van der Waals surface area contributed by atoms with Gasteiger partial charge in [-0.2, -0.15) is 0 Å². The molecule has 0 fully saturated rings. The van der Waals surface area contributed by atoms with Crippen LogP contribution in [0.3, 0.4) is 0 Å². The lowest BCUT2D eigenvalue weighted by Crippen LogP contribution is -2.24. The average molecular weight is 309 g/mol. The molecule has 4 heteroatoms. The van der Waals surface area contributed by atoms with Crippen molar-refractivity contribution in [3.05, 3.63) is 47.1 Å². The van der Waals surface area contributed by atoms with Gasteiger partial charge in [-0.05, 0) is 49.2 Å². The minimum absolute atomic E-state index is 0.0360. The molecule has 1 atom stereocenters. The fraction of sp³-hybridized carbons (Fsp3) is 0.368. The molecule has 0 bridgehead atoms. The van der Waals surface area contributed by atoms with Crippen LogP contribution in [0.1, 0.15) is 25.8 Å². The fourth-order valence-corrected chi connectivity index (χ4v) is 3.01. The monoisotopic (exact) mass is 309 g/mol. The zero-order valence-corrected chi connectivity index (χ0v) is 13.7. The Kier molecular flexibility index (Phi) is 4.72.